The van der Waals surface area contributed by atoms with Crippen molar-refractivity contribution in [1.29, 1.82) is 0 Å². The molecular formula is C7H11O3. The van der Waals surface area contributed by atoms with Crippen molar-refractivity contribution >= 4 is 5.97 Å². The zero-order chi connectivity index (χ0) is 7.98. The van der Waals surface area contributed by atoms with Gasteiger partial charge >= 0.3 is 5.97 Å². The van der Waals surface area contributed by atoms with E-state index in [1.807, 2.05) is 0 Å². The van der Waals surface area contributed by atoms with Gasteiger partial charge in [-0.15, -0.1) is 0 Å². The summed E-state index contributed by atoms with van der Waals surface area (Å²) in [6, 6.07) is 0. The summed E-state index contributed by atoms with van der Waals surface area (Å²) in [7, 11) is 0. The minimum absolute atomic E-state index is 0.318. The Morgan fingerprint density at radius 2 is 2.20 bits per heavy atom. The second-order valence-corrected chi connectivity index (χ2v) is 1.83. The number of carbonyl (C=O) groups excluding carboxylic acids is 1. The fourth-order valence-electron chi connectivity index (χ4n) is 0.225. The molecule has 0 aromatic rings. The number of rotatable bonds is 4. The van der Waals surface area contributed by atoms with Gasteiger partial charge in [-0.3, -0.25) is 4.89 Å². The van der Waals surface area contributed by atoms with Crippen LogP contribution in [0.2, 0.25) is 0 Å². The zero-order valence-corrected chi connectivity index (χ0v) is 6.05. The van der Waals surface area contributed by atoms with Gasteiger partial charge in [0, 0.05) is 5.57 Å². The maximum Gasteiger partial charge on any atom is 0.368 e. The van der Waals surface area contributed by atoms with Gasteiger partial charge in [0.1, 0.15) is 0 Å². The molecule has 0 amide bonds. The van der Waals surface area contributed by atoms with Crippen LogP contribution < -0.4 is 0 Å². The van der Waals surface area contributed by atoms with Crippen molar-refractivity contribution in [1.82, 2.24) is 0 Å². The van der Waals surface area contributed by atoms with Crippen LogP contribution in [0.1, 0.15) is 13.3 Å². The van der Waals surface area contributed by atoms with Gasteiger partial charge in [-0.25, -0.2) is 4.79 Å². The van der Waals surface area contributed by atoms with E-state index in [1.165, 1.54) is 0 Å². The largest absolute Gasteiger partial charge is 0.368 e. The first kappa shape index (κ1) is 9.17. The van der Waals surface area contributed by atoms with E-state index >= 15 is 0 Å². The summed E-state index contributed by atoms with van der Waals surface area (Å²) in [6.45, 7) is 8.72. The number of hydrogen-bond donors (Lipinski definition) is 0. The van der Waals surface area contributed by atoms with Crippen LogP contribution in [-0.2, 0) is 14.6 Å². The van der Waals surface area contributed by atoms with Crippen molar-refractivity contribution in [2.24, 2.45) is 0 Å². The van der Waals surface area contributed by atoms with E-state index in [-0.39, 0.29) is 0 Å². The second kappa shape index (κ2) is 4.99. The Bertz CT molecular complexity index is 129. The molecule has 0 spiro atoms. The van der Waals surface area contributed by atoms with E-state index in [1.54, 1.807) is 6.92 Å². The van der Waals surface area contributed by atoms with E-state index in [0.29, 0.717) is 18.6 Å². The average molecular weight is 143 g/mol. The van der Waals surface area contributed by atoms with Crippen LogP contribution in [0.15, 0.2) is 12.2 Å². The molecule has 0 aromatic heterocycles. The van der Waals surface area contributed by atoms with E-state index < -0.39 is 5.97 Å². The average Bonchev–Trinajstić information content (AvgIpc) is 1.88. The molecule has 0 atom stereocenters. The Balaban J connectivity index is 3.31. The normalized spacial score (nSPS) is 9.00. The van der Waals surface area contributed by atoms with E-state index in [4.69, 9.17) is 0 Å². The standard InChI is InChI=1S/C7H11O3/c1-4-5-9-10-7(8)6(2)3/h1-2,4-5H2,3H3. The van der Waals surface area contributed by atoms with Crippen LogP contribution in [0.4, 0.5) is 0 Å². The van der Waals surface area contributed by atoms with E-state index in [0.717, 1.165) is 0 Å². The molecule has 0 aliphatic heterocycles. The summed E-state index contributed by atoms with van der Waals surface area (Å²) in [5.41, 5.74) is 0.323. The van der Waals surface area contributed by atoms with Gasteiger partial charge in [0.05, 0.1) is 6.61 Å². The summed E-state index contributed by atoms with van der Waals surface area (Å²) < 4.78 is 0. The fraction of sp³-hybridized carbons (Fsp3) is 0.429. The first-order valence-corrected chi connectivity index (χ1v) is 2.97. The van der Waals surface area contributed by atoms with Crippen molar-refractivity contribution in [2.75, 3.05) is 6.61 Å². The first-order valence-electron chi connectivity index (χ1n) is 2.97. The van der Waals surface area contributed by atoms with Gasteiger partial charge in [0.25, 0.3) is 0 Å². The molecule has 0 N–H and O–H groups in total. The van der Waals surface area contributed by atoms with Crippen molar-refractivity contribution in [3.8, 4) is 0 Å². The summed E-state index contributed by atoms with van der Waals surface area (Å²) in [5, 5.41) is 0. The monoisotopic (exact) mass is 143 g/mol. The van der Waals surface area contributed by atoms with Gasteiger partial charge < -0.3 is 0 Å². The molecule has 0 fully saturated rings. The third kappa shape index (κ3) is 4.09. The van der Waals surface area contributed by atoms with Crippen LogP contribution in [0.25, 0.3) is 0 Å². The minimum atomic E-state index is -0.534. The van der Waals surface area contributed by atoms with Crippen molar-refractivity contribution in [3.05, 3.63) is 19.1 Å². The molecule has 0 unspecified atom stereocenters. The first-order chi connectivity index (χ1) is 4.68. The maximum atomic E-state index is 10.6. The summed E-state index contributed by atoms with van der Waals surface area (Å²) in [5.74, 6) is -0.534. The third-order valence-electron chi connectivity index (χ3n) is 0.711. The lowest BCUT2D eigenvalue weighted by atomic mass is 10.4. The molecule has 57 valence electrons. The minimum Gasteiger partial charge on any atom is -0.293 e. The molecular weight excluding hydrogens is 132 g/mol. The Kier molecular flexibility index (Phi) is 4.58. The molecule has 0 saturated heterocycles. The zero-order valence-electron chi connectivity index (χ0n) is 6.05. The maximum absolute atomic E-state index is 10.6. The van der Waals surface area contributed by atoms with E-state index in [9.17, 15) is 4.79 Å². The van der Waals surface area contributed by atoms with Crippen molar-refractivity contribution < 1.29 is 14.6 Å². The van der Waals surface area contributed by atoms with Crippen molar-refractivity contribution in [2.45, 2.75) is 13.3 Å². The second-order valence-electron chi connectivity index (χ2n) is 1.83. The van der Waals surface area contributed by atoms with Crippen LogP contribution in [0.3, 0.4) is 0 Å². The molecule has 0 aliphatic carbocycles. The predicted molar refractivity (Wildman–Crippen MR) is 36.8 cm³/mol. The van der Waals surface area contributed by atoms with E-state index in [2.05, 4.69) is 23.3 Å². The highest BCUT2D eigenvalue weighted by molar-refractivity contribution is 5.86. The Hall–Kier alpha value is -0.830. The lowest BCUT2D eigenvalue weighted by molar-refractivity contribution is -0.267. The molecule has 0 aromatic carbocycles. The molecule has 0 saturated carbocycles. The van der Waals surface area contributed by atoms with Crippen molar-refractivity contribution in [3.63, 3.8) is 0 Å². The highest BCUT2D eigenvalue weighted by Gasteiger charge is 2.02. The lowest BCUT2D eigenvalue weighted by Crippen LogP contribution is -2.06. The van der Waals surface area contributed by atoms with Crippen LogP contribution >= 0.6 is 0 Å². The van der Waals surface area contributed by atoms with Crippen LogP contribution in [0, 0.1) is 6.92 Å². The number of carbonyl (C=O) groups is 1. The molecule has 0 heterocycles. The third-order valence-corrected chi connectivity index (χ3v) is 0.711. The van der Waals surface area contributed by atoms with Crippen LogP contribution in [0.5, 0.6) is 0 Å². The summed E-state index contributed by atoms with van der Waals surface area (Å²) >= 11 is 0. The fourth-order valence-corrected chi connectivity index (χ4v) is 0.225. The molecule has 3 nitrogen and oxygen atoms in total. The topological polar surface area (TPSA) is 35.5 Å². The predicted octanol–water partition coefficient (Wildman–Crippen LogP) is 1.26. The van der Waals surface area contributed by atoms with Gasteiger partial charge in [0.2, 0.25) is 0 Å². The SMILES string of the molecule is [CH2]CCOOC(=O)C(=C)C. The van der Waals surface area contributed by atoms with Gasteiger partial charge in [0.15, 0.2) is 0 Å². The Morgan fingerprint density at radius 3 is 2.60 bits per heavy atom. The Labute approximate surface area is 60.6 Å². The van der Waals surface area contributed by atoms with Gasteiger partial charge in [-0.2, -0.15) is 4.89 Å². The molecule has 10 heavy (non-hydrogen) atoms. The Morgan fingerprint density at radius 1 is 1.60 bits per heavy atom. The summed E-state index contributed by atoms with van der Waals surface area (Å²) in [6.07, 6.45) is 0.573. The molecule has 0 rings (SSSR count). The molecule has 3 heteroatoms. The molecule has 0 bridgehead atoms. The lowest BCUT2D eigenvalue weighted by Gasteiger charge is -1.99. The molecule has 0 aliphatic rings. The highest BCUT2D eigenvalue weighted by atomic mass is 17.2. The van der Waals surface area contributed by atoms with Crippen LogP contribution in [-0.4, -0.2) is 12.6 Å². The quantitative estimate of drug-likeness (QED) is 0.257. The molecule has 1 radical (unpaired) electrons. The van der Waals surface area contributed by atoms with Gasteiger partial charge in [-0.1, -0.05) is 13.5 Å². The highest BCUT2D eigenvalue weighted by Crippen LogP contribution is 1.92. The summed E-state index contributed by atoms with van der Waals surface area (Å²) in [4.78, 5) is 19.2. The number of hydrogen-bond acceptors (Lipinski definition) is 3. The smallest absolute Gasteiger partial charge is 0.293 e. The van der Waals surface area contributed by atoms with Gasteiger partial charge in [-0.05, 0) is 13.3 Å².